The van der Waals surface area contributed by atoms with Gasteiger partial charge in [-0.25, -0.2) is 0 Å². The minimum atomic E-state index is -0.464. The fraction of sp³-hybridized carbons (Fsp3) is 0.259. The number of nitrogens with one attached hydrogen (secondary N) is 1. The Morgan fingerprint density at radius 1 is 0.943 bits per heavy atom. The highest BCUT2D eigenvalue weighted by Gasteiger charge is 2.25. The molecule has 0 atom stereocenters. The lowest BCUT2D eigenvalue weighted by atomic mass is 10.0. The Morgan fingerprint density at radius 2 is 1.63 bits per heavy atom. The smallest absolute Gasteiger partial charge is 0.293 e. The predicted octanol–water partition coefficient (Wildman–Crippen LogP) is 4.17. The number of carbonyl (C=O) groups excluding carboxylic acids is 2. The lowest BCUT2D eigenvalue weighted by Gasteiger charge is -2.35. The second-order valence-electron chi connectivity index (χ2n) is 8.71. The van der Waals surface area contributed by atoms with Gasteiger partial charge in [-0.05, 0) is 41.8 Å². The van der Waals surface area contributed by atoms with Gasteiger partial charge in [0.1, 0.15) is 5.69 Å². The van der Waals surface area contributed by atoms with Crippen LogP contribution in [0.15, 0.2) is 66.7 Å². The molecule has 4 rings (SSSR count). The number of hydrogen-bond donors (Lipinski definition) is 1. The molecule has 1 N–H and O–H groups in total. The second-order valence-corrected chi connectivity index (χ2v) is 8.71. The average molecular weight is 473 g/mol. The first-order valence-electron chi connectivity index (χ1n) is 11.5. The van der Waals surface area contributed by atoms with E-state index in [4.69, 9.17) is 0 Å². The molecule has 35 heavy (non-hydrogen) atoms. The molecule has 0 bridgehead atoms. The number of nitrogens with zero attached hydrogens (tertiary/aromatic N) is 3. The van der Waals surface area contributed by atoms with Crippen LogP contribution >= 0.6 is 0 Å². The highest BCUT2D eigenvalue weighted by molar-refractivity contribution is 5.95. The fourth-order valence-electron chi connectivity index (χ4n) is 4.31. The van der Waals surface area contributed by atoms with E-state index in [-0.39, 0.29) is 23.1 Å². The molecule has 8 nitrogen and oxygen atoms in total. The Morgan fingerprint density at radius 3 is 2.29 bits per heavy atom. The molecule has 1 heterocycles. The van der Waals surface area contributed by atoms with E-state index in [1.807, 2.05) is 54.3 Å². The van der Waals surface area contributed by atoms with Crippen LogP contribution in [0.2, 0.25) is 0 Å². The molecular weight excluding hydrogens is 444 g/mol. The summed E-state index contributed by atoms with van der Waals surface area (Å²) in [5.41, 5.74) is 4.85. The summed E-state index contributed by atoms with van der Waals surface area (Å²) < 4.78 is 0. The molecule has 2 amide bonds. The number of anilines is 1. The van der Waals surface area contributed by atoms with Crippen LogP contribution in [-0.2, 0) is 11.3 Å². The summed E-state index contributed by atoms with van der Waals surface area (Å²) in [6, 6.07) is 20.7. The van der Waals surface area contributed by atoms with E-state index in [2.05, 4.69) is 11.4 Å². The molecule has 0 aromatic heterocycles. The third-order valence-electron chi connectivity index (χ3n) is 6.23. The zero-order chi connectivity index (χ0) is 24.9. The van der Waals surface area contributed by atoms with Crippen LogP contribution in [0, 0.1) is 17.0 Å². The number of aryl methyl sites for hydroxylation is 1. The van der Waals surface area contributed by atoms with Gasteiger partial charge in [-0.1, -0.05) is 48.0 Å². The van der Waals surface area contributed by atoms with Crippen molar-refractivity contribution in [1.29, 1.82) is 0 Å². The van der Waals surface area contributed by atoms with Crippen molar-refractivity contribution >= 4 is 23.2 Å². The van der Waals surface area contributed by atoms with Crippen LogP contribution in [0.5, 0.6) is 0 Å². The number of amides is 2. The SMILES string of the molecule is CC(=O)N1CCN(c2ccc(C(=O)NCc3cccc(-c4cccc(C)c4)c3)cc2[N+](=O)[O-])CC1. The van der Waals surface area contributed by atoms with Gasteiger partial charge in [-0.2, -0.15) is 0 Å². The average Bonchev–Trinajstić information content (AvgIpc) is 2.87. The molecular formula is C27H28N4O4. The van der Waals surface area contributed by atoms with Gasteiger partial charge >= 0.3 is 0 Å². The Kier molecular flexibility index (Phi) is 7.10. The monoisotopic (exact) mass is 472 g/mol. The fourth-order valence-corrected chi connectivity index (χ4v) is 4.31. The normalized spacial score (nSPS) is 13.4. The molecule has 1 saturated heterocycles. The zero-order valence-corrected chi connectivity index (χ0v) is 19.9. The van der Waals surface area contributed by atoms with E-state index in [0.717, 1.165) is 16.7 Å². The maximum absolute atomic E-state index is 12.8. The quantitative estimate of drug-likeness (QED) is 0.429. The second kappa shape index (κ2) is 10.4. The van der Waals surface area contributed by atoms with Gasteiger partial charge in [0.2, 0.25) is 5.91 Å². The number of rotatable bonds is 6. The van der Waals surface area contributed by atoms with Crippen LogP contribution in [-0.4, -0.2) is 47.8 Å². The number of nitro benzene ring substituents is 1. The Bertz CT molecular complexity index is 1270. The molecule has 0 unspecified atom stereocenters. The van der Waals surface area contributed by atoms with Crippen molar-refractivity contribution in [2.75, 3.05) is 31.1 Å². The number of hydrogen-bond acceptors (Lipinski definition) is 5. The highest BCUT2D eigenvalue weighted by atomic mass is 16.6. The van der Waals surface area contributed by atoms with Crippen molar-refractivity contribution in [2.24, 2.45) is 0 Å². The topological polar surface area (TPSA) is 95.8 Å². The minimum absolute atomic E-state index is 0.00409. The van der Waals surface area contributed by atoms with Gasteiger partial charge in [-0.15, -0.1) is 0 Å². The van der Waals surface area contributed by atoms with Crippen LogP contribution < -0.4 is 10.2 Å². The van der Waals surface area contributed by atoms with Crippen molar-refractivity contribution in [1.82, 2.24) is 10.2 Å². The van der Waals surface area contributed by atoms with Crippen molar-refractivity contribution < 1.29 is 14.5 Å². The summed E-state index contributed by atoms with van der Waals surface area (Å²) in [6.07, 6.45) is 0. The van der Waals surface area contributed by atoms with Gasteiger partial charge in [0.25, 0.3) is 11.6 Å². The molecule has 8 heteroatoms. The lowest BCUT2D eigenvalue weighted by Crippen LogP contribution is -2.48. The predicted molar refractivity (Wildman–Crippen MR) is 135 cm³/mol. The number of benzene rings is 3. The first-order valence-corrected chi connectivity index (χ1v) is 11.5. The summed E-state index contributed by atoms with van der Waals surface area (Å²) in [5.74, 6) is -0.377. The molecule has 3 aromatic carbocycles. The molecule has 1 fully saturated rings. The maximum atomic E-state index is 12.8. The van der Waals surface area contributed by atoms with E-state index in [1.165, 1.54) is 18.6 Å². The van der Waals surface area contributed by atoms with E-state index < -0.39 is 4.92 Å². The largest absolute Gasteiger partial charge is 0.362 e. The van der Waals surface area contributed by atoms with Gasteiger partial charge in [0, 0.05) is 51.3 Å². The summed E-state index contributed by atoms with van der Waals surface area (Å²) in [4.78, 5) is 39.3. The van der Waals surface area contributed by atoms with Crippen LogP contribution in [0.3, 0.4) is 0 Å². The van der Waals surface area contributed by atoms with Crippen molar-refractivity contribution in [3.8, 4) is 11.1 Å². The molecule has 0 aliphatic carbocycles. The van der Waals surface area contributed by atoms with Crippen molar-refractivity contribution in [3.05, 3.63) is 93.5 Å². The zero-order valence-electron chi connectivity index (χ0n) is 19.9. The van der Waals surface area contributed by atoms with Crippen molar-refractivity contribution in [3.63, 3.8) is 0 Å². The third-order valence-corrected chi connectivity index (χ3v) is 6.23. The lowest BCUT2D eigenvalue weighted by molar-refractivity contribution is -0.384. The summed E-state index contributed by atoms with van der Waals surface area (Å²) in [7, 11) is 0. The molecule has 3 aromatic rings. The van der Waals surface area contributed by atoms with E-state index in [0.29, 0.717) is 38.4 Å². The van der Waals surface area contributed by atoms with Gasteiger partial charge in [0.05, 0.1) is 4.92 Å². The van der Waals surface area contributed by atoms with E-state index in [9.17, 15) is 19.7 Å². The number of piperazine rings is 1. The summed E-state index contributed by atoms with van der Waals surface area (Å²) in [5, 5.41) is 14.6. The molecule has 0 saturated carbocycles. The third kappa shape index (κ3) is 5.66. The Balaban J connectivity index is 1.45. The van der Waals surface area contributed by atoms with Crippen LogP contribution in [0.25, 0.3) is 11.1 Å². The minimum Gasteiger partial charge on any atom is -0.362 e. The molecule has 0 radical (unpaired) electrons. The number of carbonyl (C=O) groups is 2. The van der Waals surface area contributed by atoms with Crippen LogP contribution in [0.4, 0.5) is 11.4 Å². The maximum Gasteiger partial charge on any atom is 0.293 e. The molecule has 1 aliphatic rings. The first kappa shape index (κ1) is 23.9. The van der Waals surface area contributed by atoms with Gasteiger partial charge in [0.15, 0.2) is 0 Å². The van der Waals surface area contributed by atoms with Crippen LogP contribution in [0.1, 0.15) is 28.4 Å². The van der Waals surface area contributed by atoms with E-state index >= 15 is 0 Å². The van der Waals surface area contributed by atoms with Crippen molar-refractivity contribution in [2.45, 2.75) is 20.4 Å². The molecule has 0 spiro atoms. The molecule has 1 aliphatic heterocycles. The van der Waals surface area contributed by atoms with E-state index in [1.54, 1.807) is 17.0 Å². The standard InChI is InChI=1S/C27H28N4O4/c1-19-5-3-7-22(15-19)23-8-4-6-21(16-23)18-28-27(33)24-9-10-25(26(17-24)31(34)35)30-13-11-29(12-14-30)20(2)32/h3-10,15-17H,11-14,18H2,1-2H3,(H,28,33). The van der Waals surface area contributed by atoms with Gasteiger partial charge < -0.3 is 15.1 Å². The summed E-state index contributed by atoms with van der Waals surface area (Å²) in [6.45, 7) is 5.90. The first-order chi connectivity index (χ1) is 16.8. The Hall–Kier alpha value is -4.20. The summed E-state index contributed by atoms with van der Waals surface area (Å²) >= 11 is 0. The number of nitro groups is 1. The molecule has 180 valence electrons. The van der Waals surface area contributed by atoms with Gasteiger partial charge in [-0.3, -0.25) is 19.7 Å². The Labute approximate surface area is 204 Å². The highest BCUT2D eigenvalue weighted by Crippen LogP contribution is 2.30.